The molecule has 0 spiro atoms. The van der Waals surface area contributed by atoms with E-state index in [2.05, 4.69) is 15.3 Å². The van der Waals surface area contributed by atoms with Crippen LogP contribution < -0.4 is 14.8 Å². The highest BCUT2D eigenvalue weighted by atomic mass is 16.6. The van der Waals surface area contributed by atoms with Crippen LogP contribution in [0.15, 0.2) is 42.7 Å². The average Bonchev–Trinajstić information content (AvgIpc) is 2.65. The molecule has 0 aliphatic rings. The molecule has 144 valence electrons. The number of nitrogens with zero attached hydrogens (tertiary/aromatic N) is 3. The van der Waals surface area contributed by atoms with E-state index in [4.69, 9.17) is 9.47 Å². The first-order valence-corrected chi connectivity index (χ1v) is 8.55. The molecule has 0 amide bonds. The average molecular weight is 380 g/mol. The van der Waals surface area contributed by atoms with Crippen molar-refractivity contribution in [3.05, 3.63) is 69.5 Å². The molecule has 0 radical (unpaired) electrons. The molecule has 0 aliphatic carbocycles. The Labute approximate surface area is 162 Å². The third-order valence-electron chi connectivity index (χ3n) is 4.27. The van der Waals surface area contributed by atoms with Gasteiger partial charge in [0.05, 0.1) is 17.7 Å². The highest BCUT2D eigenvalue weighted by Crippen LogP contribution is 2.37. The van der Waals surface area contributed by atoms with Gasteiger partial charge in [0, 0.05) is 0 Å². The van der Waals surface area contributed by atoms with E-state index in [0.717, 1.165) is 16.7 Å². The van der Waals surface area contributed by atoms with E-state index in [9.17, 15) is 10.1 Å². The SMILES string of the molecule is COc1ccc(C)cc1Nc1ncnc(Oc2ccc(C)c(C)c2)c1[N+](=O)[O-]. The van der Waals surface area contributed by atoms with Gasteiger partial charge in [0.1, 0.15) is 17.8 Å². The molecule has 8 heteroatoms. The van der Waals surface area contributed by atoms with E-state index in [0.29, 0.717) is 17.2 Å². The lowest BCUT2D eigenvalue weighted by Gasteiger charge is -2.13. The number of aromatic nitrogens is 2. The lowest BCUT2D eigenvalue weighted by molar-refractivity contribution is -0.385. The number of hydrogen-bond donors (Lipinski definition) is 1. The summed E-state index contributed by atoms with van der Waals surface area (Å²) < 4.78 is 11.0. The Morgan fingerprint density at radius 3 is 2.50 bits per heavy atom. The first-order chi connectivity index (χ1) is 13.4. The first kappa shape index (κ1) is 19.1. The predicted octanol–water partition coefficient (Wildman–Crippen LogP) is 4.85. The molecule has 8 nitrogen and oxygen atoms in total. The fourth-order valence-electron chi connectivity index (χ4n) is 2.63. The minimum atomic E-state index is -0.568. The Bertz CT molecular complexity index is 1040. The van der Waals surface area contributed by atoms with E-state index in [1.54, 1.807) is 18.2 Å². The van der Waals surface area contributed by atoms with Crippen LogP contribution >= 0.6 is 0 Å². The summed E-state index contributed by atoms with van der Waals surface area (Å²) >= 11 is 0. The maximum Gasteiger partial charge on any atom is 0.373 e. The van der Waals surface area contributed by atoms with E-state index in [-0.39, 0.29) is 17.4 Å². The number of nitrogens with one attached hydrogen (secondary N) is 1. The second-order valence-corrected chi connectivity index (χ2v) is 6.31. The van der Waals surface area contributed by atoms with Crippen molar-refractivity contribution in [2.24, 2.45) is 0 Å². The Morgan fingerprint density at radius 1 is 1.04 bits per heavy atom. The maximum atomic E-state index is 11.7. The summed E-state index contributed by atoms with van der Waals surface area (Å²) in [7, 11) is 1.53. The van der Waals surface area contributed by atoms with Gasteiger partial charge in [0.15, 0.2) is 0 Å². The molecule has 0 saturated carbocycles. The minimum absolute atomic E-state index is 0.0164. The molecule has 0 saturated heterocycles. The van der Waals surface area contributed by atoms with Crippen LogP contribution in [0.4, 0.5) is 17.2 Å². The number of benzene rings is 2. The molecular weight excluding hydrogens is 360 g/mol. The second kappa shape index (κ2) is 7.91. The fourth-order valence-corrected chi connectivity index (χ4v) is 2.63. The summed E-state index contributed by atoms with van der Waals surface area (Å²) in [5.41, 5.74) is 3.27. The van der Waals surface area contributed by atoms with Gasteiger partial charge < -0.3 is 14.8 Å². The number of methoxy groups -OCH3 is 1. The smallest absolute Gasteiger partial charge is 0.373 e. The Kier molecular flexibility index (Phi) is 5.39. The van der Waals surface area contributed by atoms with Gasteiger partial charge in [0.25, 0.3) is 0 Å². The van der Waals surface area contributed by atoms with Gasteiger partial charge in [-0.05, 0) is 61.7 Å². The third kappa shape index (κ3) is 4.01. The molecule has 1 heterocycles. The summed E-state index contributed by atoms with van der Waals surface area (Å²) in [6.45, 7) is 5.82. The van der Waals surface area contributed by atoms with Crippen molar-refractivity contribution in [1.82, 2.24) is 9.97 Å². The van der Waals surface area contributed by atoms with Crippen LogP contribution in [-0.2, 0) is 0 Å². The van der Waals surface area contributed by atoms with Crippen LogP contribution in [0.5, 0.6) is 17.4 Å². The standard InChI is InChI=1S/C20H20N4O4/c1-12-5-8-17(27-4)16(9-12)23-19-18(24(25)26)20(22-11-21-19)28-15-7-6-13(2)14(3)10-15/h5-11H,1-4H3,(H,21,22,23). The number of aryl methyl sites for hydroxylation is 3. The molecular formula is C20H20N4O4. The van der Waals surface area contributed by atoms with Crippen LogP contribution in [0, 0.1) is 30.9 Å². The summed E-state index contributed by atoms with van der Waals surface area (Å²) in [5.74, 6) is 0.874. The molecule has 0 unspecified atom stereocenters. The number of nitro groups is 1. The van der Waals surface area contributed by atoms with Crippen molar-refractivity contribution in [2.45, 2.75) is 20.8 Å². The van der Waals surface area contributed by atoms with Crippen LogP contribution in [0.25, 0.3) is 0 Å². The number of anilines is 2. The van der Waals surface area contributed by atoms with Gasteiger partial charge in [-0.3, -0.25) is 10.1 Å². The monoisotopic (exact) mass is 380 g/mol. The van der Waals surface area contributed by atoms with Crippen molar-refractivity contribution < 1.29 is 14.4 Å². The highest BCUT2D eigenvalue weighted by Gasteiger charge is 2.26. The molecule has 0 atom stereocenters. The van der Waals surface area contributed by atoms with Gasteiger partial charge in [0.2, 0.25) is 5.82 Å². The minimum Gasteiger partial charge on any atom is -0.495 e. The van der Waals surface area contributed by atoms with Gasteiger partial charge in [-0.1, -0.05) is 12.1 Å². The predicted molar refractivity (Wildman–Crippen MR) is 106 cm³/mol. The maximum absolute atomic E-state index is 11.7. The number of hydrogen-bond acceptors (Lipinski definition) is 7. The Balaban J connectivity index is 2.01. The molecule has 0 bridgehead atoms. The highest BCUT2D eigenvalue weighted by molar-refractivity contribution is 5.72. The lowest BCUT2D eigenvalue weighted by Crippen LogP contribution is -2.04. The summed E-state index contributed by atoms with van der Waals surface area (Å²) in [4.78, 5) is 19.2. The Morgan fingerprint density at radius 2 is 1.82 bits per heavy atom. The van der Waals surface area contributed by atoms with E-state index < -0.39 is 4.92 Å². The van der Waals surface area contributed by atoms with Crippen molar-refractivity contribution in [3.8, 4) is 17.4 Å². The number of rotatable bonds is 6. The summed E-state index contributed by atoms with van der Waals surface area (Å²) in [5, 5.41) is 14.7. The molecule has 28 heavy (non-hydrogen) atoms. The second-order valence-electron chi connectivity index (χ2n) is 6.31. The molecule has 2 aromatic carbocycles. The van der Waals surface area contributed by atoms with Crippen LogP contribution in [0.2, 0.25) is 0 Å². The largest absolute Gasteiger partial charge is 0.495 e. The van der Waals surface area contributed by atoms with E-state index >= 15 is 0 Å². The molecule has 0 fully saturated rings. The zero-order chi connectivity index (χ0) is 20.3. The normalized spacial score (nSPS) is 10.4. The zero-order valence-corrected chi connectivity index (χ0v) is 16.0. The van der Waals surface area contributed by atoms with Gasteiger partial charge in [-0.25, -0.2) is 4.98 Å². The van der Waals surface area contributed by atoms with E-state index in [1.807, 2.05) is 39.0 Å². The van der Waals surface area contributed by atoms with Gasteiger partial charge in [-0.15, -0.1) is 0 Å². The van der Waals surface area contributed by atoms with Gasteiger partial charge >= 0.3 is 11.6 Å². The van der Waals surface area contributed by atoms with Crippen molar-refractivity contribution >= 4 is 17.2 Å². The molecule has 3 rings (SSSR count). The summed E-state index contributed by atoms with van der Waals surface area (Å²) in [6, 6.07) is 10.9. The topological polar surface area (TPSA) is 99.4 Å². The molecule has 0 aliphatic heterocycles. The Hall–Kier alpha value is -3.68. The van der Waals surface area contributed by atoms with Crippen molar-refractivity contribution in [1.29, 1.82) is 0 Å². The fraction of sp³-hybridized carbons (Fsp3) is 0.200. The first-order valence-electron chi connectivity index (χ1n) is 8.55. The quantitative estimate of drug-likeness (QED) is 0.482. The lowest BCUT2D eigenvalue weighted by atomic mass is 10.1. The number of ether oxygens (including phenoxy) is 2. The molecule has 1 N–H and O–H groups in total. The molecule has 3 aromatic rings. The van der Waals surface area contributed by atoms with Crippen LogP contribution in [0.3, 0.4) is 0 Å². The van der Waals surface area contributed by atoms with Crippen molar-refractivity contribution in [2.75, 3.05) is 12.4 Å². The van der Waals surface area contributed by atoms with Crippen molar-refractivity contribution in [3.63, 3.8) is 0 Å². The molecule has 1 aromatic heterocycles. The third-order valence-corrected chi connectivity index (χ3v) is 4.27. The van der Waals surface area contributed by atoms with E-state index in [1.165, 1.54) is 13.4 Å². The van der Waals surface area contributed by atoms with Crippen LogP contribution in [-0.4, -0.2) is 22.0 Å². The van der Waals surface area contributed by atoms with Gasteiger partial charge in [-0.2, -0.15) is 4.98 Å². The zero-order valence-electron chi connectivity index (χ0n) is 16.0. The summed E-state index contributed by atoms with van der Waals surface area (Å²) in [6.07, 6.45) is 1.22. The van der Waals surface area contributed by atoms with Crippen LogP contribution in [0.1, 0.15) is 16.7 Å².